The Bertz CT molecular complexity index is 1520. The van der Waals surface area contributed by atoms with Crippen molar-refractivity contribution in [3.05, 3.63) is 95.7 Å². The third-order valence-electron chi connectivity index (χ3n) is 6.64. The summed E-state index contributed by atoms with van der Waals surface area (Å²) in [7, 11) is 0. The van der Waals surface area contributed by atoms with E-state index in [9.17, 15) is 19.5 Å². The van der Waals surface area contributed by atoms with E-state index in [0.717, 1.165) is 32.5 Å². The smallest absolute Gasteiger partial charge is 0.418 e. The highest BCUT2D eigenvalue weighted by Gasteiger charge is 2.30. The number of carboxylic acid groups (broad SMARTS) is 1. The Morgan fingerprint density at radius 3 is 2.18 bits per heavy atom. The van der Waals surface area contributed by atoms with Gasteiger partial charge >= 0.3 is 18.2 Å². The topological polar surface area (TPSA) is 98.1 Å². The number of rotatable bonds is 6. The molecule has 5 rings (SSSR count). The fraction of sp³-hybridized carbons (Fsp3) is 0.258. The quantitative estimate of drug-likeness (QED) is 0.318. The number of amides is 1. The molecule has 0 radical (unpaired) electrons. The summed E-state index contributed by atoms with van der Waals surface area (Å²) in [5, 5.41) is 10.3. The van der Waals surface area contributed by atoms with Gasteiger partial charge in [-0.15, -0.1) is 0 Å². The number of aromatic nitrogens is 1. The molecule has 8 heteroatoms. The van der Waals surface area contributed by atoms with Gasteiger partial charge in [0.05, 0.1) is 5.52 Å². The minimum absolute atomic E-state index is 0.00157. The first-order valence-electron chi connectivity index (χ1n) is 12.8. The molecule has 0 bridgehead atoms. The fourth-order valence-electron chi connectivity index (χ4n) is 5.00. The van der Waals surface area contributed by atoms with E-state index in [1.165, 1.54) is 4.57 Å². The lowest BCUT2D eigenvalue weighted by atomic mass is 9.98. The SMILES string of the molecule is CC(C)(C)OC(=O)n1ccc2ccc(CN(CC(=O)O)C(=O)OCC3c4ccccc4-c4ccccc43)cc21. The minimum atomic E-state index is -1.15. The zero-order valence-electron chi connectivity index (χ0n) is 22.1. The van der Waals surface area contributed by atoms with Crippen LogP contribution in [-0.4, -0.2) is 51.5 Å². The summed E-state index contributed by atoms with van der Waals surface area (Å²) in [4.78, 5) is 38.6. The molecule has 39 heavy (non-hydrogen) atoms. The van der Waals surface area contributed by atoms with Crippen molar-refractivity contribution >= 4 is 29.1 Å². The van der Waals surface area contributed by atoms with Crippen LogP contribution in [0.3, 0.4) is 0 Å². The van der Waals surface area contributed by atoms with Crippen molar-refractivity contribution in [2.75, 3.05) is 13.2 Å². The number of aliphatic carboxylic acids is 1. The molecule has 0 atom stereocenters. The first-order chi connectivity index (χ1) is 18.6. The third kappa shape index (κ3) is 5.50. The number of fused-ring (bicyclic) bond motifs is 4. The predicted molar refractivity (Wildman–Crippen MR) is 147 cm³/mol. The lowest BCUT2D eigenvalue weighted by molar-refractivity contribution is -0.138. The molecule has 8 nitrogen and oxygen atoms in total. The lowest BCUT2D eigenvalue weighted by Gasteiger charge is -2.22. The highest BCUT2D eigenvalue weighted by Crippen LogP contribution is 2.44. The van der Waals surface area contributed by atoms with E-state index < -0.39 is 30.3 Å². The predicted octanol–water partition coefficient (Wildman–Crippen LogP) is 6.26. The van der Waals surface area contributed by atoms with Crippen LogP contribution in [0.15, 0.2) is 79.0 Å². The lowest BCUT2D eigenvalue weighted by Crippen LogP contribution is -2.36. The van der Waals surface area contributed by atoms with Crippen LogP contribution >= 0.6 is 0 Å². The molecule has 0 saturated carbocycles. The molecule has 1 amide bonds. The van der Waals surface area contributed by atoms with E-state index in [1.54, 1.807) is 45.2 Å². The summed E-state index contributed by atoms with van der Waals surface area (Å²) >= 11 is 0. The van der Waals surface area contributed by atoms with Crippen molar-refractivity contribution in [1.82, 2.24) is 9.47 Å². The van der Waals surface area contributed by atoms with Crippen molar-refractivity contribution in [3.63, 3.8) is 0 Å². The maximum Gasteiger partial charge on any atom is 0.418 e. The summed E-state index contributed by atoms with van der Waals surface area (Å²) < 4.78 is 12.6. The monoisotopic (exact) mass is 526 g/mol. The number of nitrogens with zero attached hydrogens (tertiary/aromatic N) is 2. The number of hydrogen-bond acceptors (Lipinski definition) is 5. The molecule has 1 heterocycles. The largest absolute Gasteiger partial charge is 0.480 e. The first kappa shape index (κ1) is 26.0. The standard InChI is InChI=1S/C31H30N2O6/c1-31(2,3)39-30(37)33-15-14-21-13-12-20(16-27(21)33)17-32(18-28(34)35)29(36)38-19-26-24-10-6-4-8-22(24)23-9-5-7-11-25(23)26/h4-16,26H,17-19H2,1-3H3,(H,34,35). The molecular formula is C31H30N2O6. The summed E-state index contributed by atoms with van der Waals surface area (Å²) in [6, 6.07) is 23.2. The van der Waals surface area contributed by atoms with Crippen LogP contribution in [0.2, 0.25) is 0 Å². The van der Waals surface area contributed by atoms with Crippen LogP contribution in [-0.2, 0) is 20.8 Å². The second-order valence-corrected chi connectivity index (χ2v) is 10.6. The van der Waals surface area contributed by atoms with Gasteiger partial charge in [0.2, 0.25) is 0 Å². The Morgan fingerprint density at radius 2 is 1.56 bits per heavy atom. The van der Waals surface area contributed by atoms with Crippen LogP contribution in [0.5, 0.6) is 0 Å². The summed E-state index contributed by atoms with van der Waals surface area (Å²) in [5.74, 6) is -1.29. The molecular weight excluding hydrogens is 496 g/mol. The summed E-state index contributed by atoms with van der Waals surface area (Å²) in [6.07, 6.45) is 0.388. The van der Waals surface area contributed by atoms with Crippen molar-refractivity contribution < 1.29 is 29.0 Å². The first-order valence-corrected chi connectivity index (χ1v) is 12.8. The highest BCUT2D eigenvalue weighted by atomic mass is 16.6. The van der Waals surface area contributed by atoms with E-state index in [4.69, 9.17) is 9.47 Å². The summed E-state index contributed by atoms with van der Waals surface area (Å²) in [6.45, 7) is 4.93. The number of ether oxygens (including phenoxy) is 2. The van der Waals surface area contributed by atoms with Gasteiger partial charge in [0.25, 0.3) is 0 Å². The van der Waals surface area contributed by atoms with E-state index in [0.29, 0.717) is 11.1 Å². The Kier molecular flexibility index (Phi) is 6.87. The molecule has 1 aromatic heterocycles. The normalized spacial score (nSPS) is 12.6. The molecule has 1 aliphatic carbocycles. The van der Waals surface area contributed by atoms with Gasteiger partial charge in [0, 0.05) is 24.0 Å². The average Bonchev–Trinajstić information content (AvgIpc) is 3.45. The molecule has 1 aliphatic rings. The van der Waals surface area contributed by atoms with E-state index in [-0.39, 0.29) is 19.1 Å². The Morgan fingerprint density at radius 1 is 0.923 bits per heavy atom. The molecule has 0 unspecified atom stereocenters. The minimum Gasteiger partial charge on any atom is -0.480 e. The Hall–Kier alpha value is -4.59. The zero-order chi connectivity index (χ0) is 27.7. The third-order valence-corrected chi connectivity index (χ3v) is 6.64. The van der Waals surface area contributed by atoms with Crippen LogP contribution in [0.25, 0.3) is 22.0 Å². The van der Waals surface area contributed by atoms with Gasteiger partial charge in [-0.2, -0.15) is 0 Å². The van der Waals surface area contributed by atoms with Crippen LogP contribution in [0.1, 0.15) is 43.4 Å². The van der Waals surface area contributed by atoms with Crippen LogP contribution in [0, 0.1) is 0 Å². The molecule has 4 aromatic rings. The molecule has 0 spiro atoms. The molecule has 200 valence electrons. The molecule has 3 aromatic carbocycles. The van der Waals surface area contributed by atoms with E-state index in [1.807, 2.05) is 42.5 Å². The van der Waals surface area contributed by atoms with Crippen molar-refractivity contribution in [2.45, 2.75) is 38.8 Å². The van der Waals surface area contributed by atoms with E-state index in [2.05, 4.69) is 12.1 Å². The zero-order valence-corrected chi connectivity index (χ0v) is 22.1. The second kappa shape index (κ2) is 10.3. The summed E-state index contributed by atoms with van der Waals surface area (Å²) in [5.41, 5.74) is 4.96. The fourth-order valence-corrected chi connectivity index (χ4v) is 5.00. The van der Waals surface area contributed by atoms with Gasteiger partial charge in [-0.1, -0.05) is 60.7 Å². The second-order valence-electron chi connectivity index (χ2n) is 10.6. The Balaban J connectivity index is 1.35. The van der Waals surface area contributed by atoms with Crippen LogP contribution in [0.4, 0.5) is 9.59 Å². The molecule has 0 fully saturated rings. The van der Waals surface area contributed by atoms with Crippen LogP contribution < -0.4 is 0 Å². The number of hydrogen-bond donors (Lipinski definition) is 1. The maximum atomic E-state index is 13.2. The van der Waals surface area contributed by atoms with Gasteiger partial charge in [-0.3, -0.25) is 14.3 Å². The van der Waals surface area contributed by atoms with Crippen molar-refractivity contribution in [1.29, 1.82) is 0 Å². The Labute approximate surface area is 226 Å². The average molecular weight is 527 g/mol. The van der Waals surface area contributed by atoms with E-state index >= 15 is 0 Å². The number of carbonyl (C=O) groups excluding carboxylic acids is 2. The van der Waals surface area contributed by atoms with Gasteiger partial charge in [-0.25, -0.2) is 9.59 Å². The molecule has 0 aliphatic heterocycles. The van der Waals surface area contributed by atoms with Crippen molar-refractivity contribution in [3.8, 4) is 11.1 Å². The van der Waals surface area contributed by atoms with Gasteiger partial charge in [0.15, 0.2) is 0 Å². The molecule has 1 N–H and O–H groups in total. The highest BCUT2D eigenvalue weighted by molar-refractivity contribution is 5.90. The van der Waals surface area contributed by atoms with Gasteiger partial charge < -0.3 is 14.6 Å². The van der Waals surface area contributed by atoms with Gasteiger partial charge in [0.1, 0.15) is 18.8 Å². The number of carbonyl (C=O) groups is 3. The number of carboxylic acids is 1. The van der Waals surface area contributed by atoms with Gasteiger partial charge in [-0.05, 0) is 60.7 Å². The number of benzene rings is 3. The van der Waals surface area contributed by atoms with Crippen molar-refractivity contribution in [2.24, 2.45) is 0 Å². The molecule has 0 saturated heterocycles. The maximum absolute atomic E-state index is 13.2.